The number of nitrogens with one attached hydrogen (secondary N) is 1. The topological polar surface area (TPSA) is 90.3 Å². The molecule has 0 radical (unpaired) electrons. The number of halogens is 1. The number of hydrogen-bond acceptors (Lipinski definition) is 5. The third-order valence-electron chi connectivity index (χ3n) is 5.45. The maximum atomic E-state index is 13.2. The quantitative estimate of drug-likeness (QED) is 0.413. The fourth-order valence-electron chi connectivity index (χ4n) is 3.61. The van der Waals surface area contributed by atoms with Crippen LogP contribution in [0.15, 0.2) is 65.6 Å². The van der Waals surface area contributed by atoms with Gasteiger partial charge in [0.05, 0.1) is 18.1 Å². The summed E-state index contributed by atoms with van der Waals surface area (Å²) < 4.78 is 6.66. The van der Waals surface area contributed by atoms with Gasteiger partial charge in [-0.15, -0.1) is 0 Å². The van der Waals surface area contributed by atoms with Crippen molar-refractivity contribution in [1.29, 1.82) is 0 Å². The lowest BCUT2D eigenvalue weighted by atomic mass is 10.0. The smallest absolute Gasteiger partial charge is 0.244 e. The minimum atomic E-state index is -0.449. The van der Waals surface area contributed by atoms with E-state index in [-0.39, 0.29) is 23.4 Å². The number of carbonyl (C=O) groups is 2. The molecule has 2 heterocycles. The van der Waals surface area contributed by atoms with E-state index in [1.807, 2.05) is 13.0 Å². The predicted octanol–water partition coefficient (Wildman–Crippen LogP) is 4.55. The van der Waals surface area contributed by atoms with Gasteiger partial charge in [-0.2, -0.15) is 0 Å². The minimum Gasteiger partial charge on any atom is -0.497 e. The molecule has 2 aromatic heterocycles. The Kier molecular flexibility index (Phi) is 6.47. The van der Waals surface area contributed by atoms with Gasteiger partial charge >= 0.3 is 0 Å². The highest BCUT2D eigenvalue weighted by Crippen LogP contribution is 2.21. The van der Waals surface area contributed by atoms with Crippen LogP contribution in [0.5, 0.6) is 5.75 Å². The molecule has 1 amide bonds. The second-order valence-electron chi connectivity index (χ2n) is 7.89. The van der Waals surface area contributed by atoms with Gasteiger partial charge in [-0.05, 0) is 67.9 Å². The van der Waals surface area contributed by atoms with Gasteiger partial charge in [-0.1, -0.05) is 17.7 Å². The van der Waals surface area contributed by atoms with Crippen molar-refractivity contribution < 1.29 is 14.3 Å². The summed E-state index contributed by atoms with van der Waals surface area (Å²) >= 11 is 6.06. The number of pyridine rings is 2. The van der Waals surface area contributed by atoms with Crippen molar-refractivity contribution in [3.63, 3.8) is 0 Å². The second kappa shape index (κ2) is 9.49. The number of rotatable bonds is 6. The first-order valence-electron chi connectivity index (χ1n) is 10.5. The molecule has 172 valence electrons. The average molecular weight is 476 g/mol. The second-order valence-corrected chi connectivity index (χ2v) is 8.33. The number of benzene rings is 2. The van der Waals surface area contributed by atoms with Gasteiger partial charge in [0.25, 0.3) is 0 Å². The molecule has 4 aromatic rings. The highest BCUT2D eigenvalue weighted by atomic mass is 35.5. The molecular formula is C26H22ClN3O4. The number of ketones is 1. The van der Waals surface area contributed by atoms with Crippen LogP contribution < -0.4 is 15.5 Å². The Morgan fingerprint density at radius 1 is 1.06 bits per heavy atom. The molecule has 34 heavy (non-hydrogen) atoms. The van der Waals surface area contributed by atoms with Crippen LogP contribution in [0, 0.1) is 13.8 Å². The van der Waals surface area contributed by atoms with Gasteiger partial charge in [-0.3, -0.25) is 14.4 Å². The van der Waals surface area contributed by atoms with Crippen LogP contribution in [0.25, 0.3) is 11.0 Å². The van der Waals surface area contributed by atoms with Crippen molar-refractivity contribution in [1.82, 2.24) is 9.55 Å². The summed E-state index contributed by atoms with van der Waals surface area (Å²) in [5.41, 5.74) is 2.30. The lowest BCUT2D eigenvalue weighted by molar-refractivity contribution is -0.116. The molecule has 7 nitrogen and oxygen atoms in total. The van der Waals surface area contributed by atoms with Gasteiger partial charge in [0.15, 0.2) is 5.78 Å². The highest BCUT2D eigenvalue weighted by Gasteiger charge is 2.19. The largest absolute Gasteiger partial charge is 0.497 e. The number of carbonyl (C=O) groups excluding carboxylic acids is 2. The molecule has 0 fully saturated rings. The lowest BCUT2D eigenvalue weighted by Gasteiger charge is -2.14. The van der Waals surface area contributed by atoms with E-state index in [0.717, 1.165) is 5.56 Å². The summed E-state index contributed by atoms with van der Waals surface area (Å²) in [7, 11) is 1.53. The van der Waals surface area contributed by atoms with Crippen molar-refractivity contribution in [2.24, 2.45) is 0 Å². The normalized spacial score (nSPS) is 10.8. The van der Waals surface area contributed by atoms with Crippen molar-refractivity contribution in [2.45, 2.75) is 20.4 Å². The number of aromatic nitrogens is 2. The molecule has 8 heteroatoms. The fourth-order valence-corrected chi connectivity index (χ4v) is 3.79. The maximum Gasteiger partial charge on any atom is 0.244 e. The zero-order valence-corrected chi connectivity index (χ0v) is 19.6. The number of amides is 1. The number of aryl methyl sites for hydroxylation is 2. The summed E-state index contributed by atoms with van der Waals surface area (Å²) in [6.07, 6.45) is 1.40. The van der Waals surface area contributed by atoms with E-state index in [1.54, 1.807) is 55.5 Å². The monoisotopic (exact) mass is 475 g/mol. The third-order valence-corrected chi connectivity index (χ3v) is 5.68. The molecule has 0 spiro atoms. The minimum absolute atomic E-state index is 0.0462. The molecular weight excluding hydrogens is 454 g/mol. The van der Waals surface area contributed by atoms with Crippen molar-refractivity contribution >= 4 is 40.0 Å². The summed E-state index contributed by atoms with van der Waals surface area (Å²) in [6, 6.07) is 15.0. The van der Waals surface area contributed by atoms with E-state index in [9.17, 15) is 14.4 Å². The Hall–Kier alpha value is -3.97. The van der Waals surface area contributed by atoms with E-state index in [4.69, 9.17) is 16.3 Å². The van der Waals surface area contributed by atoms with E-state index in [1.165, 1.54) is 17.9 Å². The first kappa shape index (κ1) is 23.2. The van der Waals surface area contributed by atoms with Crippen molar-refractivity contribution in [3.05, 3.63) is 98.4 Å². The predicted molar refractivity (Wildman–Crippen MR) is 132 cm³/mol. The molecule has 0 aliphatic rings. The molecule has 0 saturated heterocycles. The standard InChI is InChI=1S/C26H22ClN3O4/c1-15-4-8-18(27)12-22(15)29-23(31)14-30-13-21(24(32)17-6-9-19(34-3)10-7-17)25(33)20-11-5-16(2)28-26(20)30/h4-13H,14H2,1-3H3,(H,29,31). The Balaban J connectivity index is 1.75. The van der Waals surface area contributed by atoms with Crippen molar-refractivity contribution in [3.8, 4) is 5.75 Å². The first-order chi connectivity index (χ1) is 16.3. The van der Waals surface area contributed by atoms with E-state index >= 15 is 0 Å². The van der Waals surface area contributed by atoms with Crippen LogP contribution in [0.3, 0.4) is 0 Å². The zero-order chi connectivity index (χ0) is 24.4. The number of methoxy groups -OCH3 is 1. The first-order valence-corrected chi connectivity index (χ1v) is 10.9. The molecule has 0 bridgehead atoms. The summed E-state index contributed by atoms with van der Waals surface area (Å²) in [4.78, 5) is 43.7. The van der Waals surface area contributed by atoms with Crippen LogP contribution in [0.2, 0.25) is 5.02 Å². The Morgan fingerprint density at radius 3 is 2.50 bits per heavy atom. The number of anilines is 1. The summed E-state index contributed by atoms with van der Waals surface area (Å²) in [6.45, 7) is 3.50. The zero-order valence-electron chi connectivity index (χ0n) is 18.9. The van der Waals surface area contributed by atoms with E-state index in [2.05, 4.69) is 10.3 Å². The molecule has 2 aromatic carbocycles. The number of fused-ring (bicyclic) bond motifs is 1. The van der Waals surface area contributed by atoms with Crippen LogP contribution in [-0.2, 0) is 11.3 Å². The van der Waals surface area contributed by atoms with Gasteiger partial charge in [0.2, 0.25) is 11.3 Å². The average Bonchev–Trinajstić information content (AvgIpc) is 2.82. The molecule has 0 aliphatic carbocycles. The highest BCUT2D eigenvalue weighted by molar-refractivity contribution is 6.31. The Labute approximate surface area is 201 Å². The van der Waals surface area contributed by atoms with E-state index in [0.29, 0.717) is 33.4 Å². The summed E-state index contributed by atoms with van der Waals surface area (Å²) in [5.74, 6) is -0.198. The molecule has 1 N–H and O–H groups in total. The lowest BCUT2D eigenvalue weighted by Crippen LogP contribution is -2.25. The number of nitrogens with zero attached hydrogens (tertiary/aromatic N) is 2. The molecule has 4 rings (SSSR count). The SMILES string of the molecule is COc1ccc(C(=O)c2cn(CC(=O)Nc3cc(Cl)ccc3C)c3nc(C)ccc3c2=O)cc1. The van der Waals surface area contributed by atoms with Crippen molar-refractivity contribution in [2.75, 3.05) is 12.4 Å². The fraction of sp³-hybridized carbons (Fsp3) is 0.154. The van der Waals surface area contributed by atoms with Crippen LogP contribution in [0.1, 0.15) is 27.2 Å². The van der Waals surface area contributed by atoms with Gasteiger partial charge in [0, 0.05) is 28.2 Å². The third kappa shape index (κ3) is 4.70. The Morgan fingerprint density at radius 2 is 1.79 bits per heavy atom. The molecule has 0 saturated carbocycles. The van der Waals surface area contributed by atoms with E-state index < -0.39 is 11.2 Å². The van der Waals surface area contributed by atoms with Crippen LogP contribution in [0.4, 0.5) is 5.69 Å². The number of hydrogen-bond donors (Lipinski definition) is 1. The number of ether oxygens (including phenoxy) is 1. The molecule has 0 aliphatic heterocycles. The van der Waals surface area contributed by atoms with Crippen LogP contribution in [-0.4, -0.2) is 28.4 Å². The van der Waals surface area contributed by atoms with Gasteiger partial charge in [-0.25, -0.2) is 4.98 Å². The van der Waals surface area contributed by atoms with Gasteiger partial charge < -0.3 is 14.6 Å². The molecule has 0 unspecified atom stereocenters. The maximum absolute atomic E-state index is 13.2. The molecule has 0 atom stereocenters. The van der Waals surface area contributed by atoms with Gasteiger partial charge in [0.1, 0.15) is 17.9 Å². The Bertz CT molecular complexity index is 1480. The van der Waals surface area contributed by atoms with Crippen LogP contribution >= 0.6 is 11.6 Å². The summed E-state index contributed by atoms with van der Waals surface area (Å²) in [5, 5.41) is 3.60.